The maximum absolute atomic E-state index is 13.3. The number of carbonyl (C=O) groups is 2. The molecule has 8 nitrogen and oxygen atoms in total. The molecule has 2 fully saturated rings. The van der Waals surface area contributed by atoms with E-state index in [-0.39, 0.29) is 17.7 Å². The molecule has 0 N–H and O–H groups in total. The van der Waals surface area contributed by atoms with Crippen LogP contribution in [-0.2, 0) is 16.0 Å². The van der Waals surface area contributed by atoms with E-state index in [1.807, 2.05) is 34.1 Å². The summed E-state index contributed by atoms with van der Waals surface area (Å²) in [4.78, 5) is 40.7. The number of anilines is 1. The lowest BCUT2D eigenvalue weighted by Gasteiger charge is -2.35. The minimum atomic E-state index is -0.0296. The first-order valence-electron chi connectivity index (χ1n) is 11.8. The van der Waals surface area contributed by atoms with Crippen LogP contribution in [0, 0.1) is 5.92 Å². The van der Waals surface area contributed by atoms with Crippen molar-refractivity contribution in [1.82, 2.24) is 19.8 Å². The Morgan fingerprint density at radius 3 is 2.55 bits per heavy atom. The number of methoxy groups -OCH3 is 1. The monoisotopic (exact) mass is 451 g/mol. The maximum atomic E-state index is 13.3. The lowest BCUT2D eigenvalue weighted by Crippen LogP contribution is -2.46. The van der Waals surface area contributed by atoms with Crippen molar-refractivity contribution in [3.8, 4) is 5.75 Å². The number of carbonyl (C=O) groups excluding carboxylic acids is 2. The third kappa shape index (κ3) is 6.00. The van der Waals surface area contributed by atoms with Crippen LogP contribution in [0.15, 0.2) is 42.9 Å². The Morgan fingerprint density at radius 1 is 1.00 bits per heavy atom. The summed E-state index contributed by atoms with van der Waals surface area (Å²) in [6, 6.07) is 7.85. The summed E-state index contributed by atoms with van der Waals surface area (Å²) in [5.74, 6) is 1.99. The van der Waals surface area contributed by atoms with Gasteiger partial charge in [-0.3, -0.25) is 14.6 Å². The summed E-state index contributed by atoms with van der Waals surface area (Å²) in [6.07, 6.45) is 8.99. The van der Waals surface area contributed by atoms with Gasteiger partial charge in [0.1, 0.15) is 11.6 Å². The molecular formula is C25H33N5O3. The number of benzene rings is 1. The zero-order valence-electron chi connectivity index (χ0n) is 19.4. The number of piperidine rings is 1. The summed E-state index contributed by atoms with van der Waals surface area (Å²) < 4.78 is 5.19. The quantitative estimate of drug-likeness (QED) is 0.671. The van der Waals surface area contributed by atoms with Gasteiger partial charge in [0.15, 0.2) is 0 Å². The van der Waals surface area contributed by atoms with Gasteiger partial charge in [-0.2, -0.15) is 0 Å². The largest absolute Gasteiger partial charge is 0.497 e. The molecule has 176 valence electrons. The van der Waals surface area contributed by atoms with Gasteiger partial charge in [-0.05, 0) is 43.4 Å². The molecule has 3 heterocycles. The van der Waals surface area contributed by atoms with Gasteiger partial charge in [0.2, 0.25) is 11.8 Å². The first kappa shape index (κ1) is 23.0. The summed E-state index contributed by atoms with van der Waals surface area (Å²) in [7, 11) is 1.65. The fourth-order valence-electron chi connectivity index (χ4n) is 4.69. The van der Waals surface area contributed by atoms with E-state index in [0.717, 1.165) is 42.9 Å². The Labute approximate surface area is 195 Å². The van der Waals surface area contributed by atoms with Crippen molar-refractivity contribution in [2.75, 3.05) is 51.3 Å². The van der Waals surface area contributed by atoms with Gasteiger partial charge in [-0.25, -0.2) is 4.98 Å². The lowest BCUT2D eigenvalue weighted by atomic mass is 9.96. The maximum Gasteiger partial charge on any atom is 0.227 e. The van der Waals surface area contributed by atoms with Crippen molar-refractivity contribution < 1.29 is 14.3 Å². The van der Waals surface area contributed by atoms with Crippen LogP contribution in [0.2, 0.25) is 0 Å². The Balaban J connectivity index is 1.27. The van der Waals surface area contributed by atoms with E-state index < -0.39 is 0 Å². The van der Waals surface area contributed by atoms with Crippen molar-refractivity contribution in [3.05, 3.63) is 48.4 Å². The van der Waals surface area contributed by atoms with Crippen LogP contribution in [0.4, 0.5) is 5.82 Å². The van der Waals surface area contributed by atoms with E-state index in [0.29, 0.717) is 45.6 Å². The molecule has 2 aliphatic heterocycles. The molecular weight excluding hydrogens is 418 g/mol. The Bertz CT molecular complexity index is 921. The van der Waals surface area contributed by atoms with Gasteiger partial charge < -0.3 is 19.4 Å². The van der Waals surface area contributed by atoms with Crippen molar-refractivity contribution in [3.63, 3.8) is 0 Å². The lowest BCUT2D eigenvalue weighted by molar-refractivity contribution is -0.136. The summed E-state index contributed by atoms with van der Waals surface area (Å²) in [5, 5.41) is 0. The molecule has 1 unspecified atom stereocenters. The number of rotatable bonds is 6. The second-order valence-electron chi connectivity index (χ2n) is 8.76. The number of hydrogen-bond acceptors (Lipinski definition) is 6. The molecule has 0 saturated carbocycles. The van der Waals surface area contributed by atoms with Gasteiger partial charge >= 0.3 is 0 Å². The third-order valence-electron chi connectivity index (χ3n) is 6.59. The number of aryl methyl sites for hydroxylation is 1. The molecule has 2 amide bonds. The second-order valence-corrected chi connectivity index (χ2v) is 8.76. The smallest absolute Gasteiger partial charge is 0.227 e. The van der Waals surface area contributed by atoms with E-state index in [1.165, 1.54) is 0 Å². The molecule has 1 aromatic heterocycles. The Morgan fingerprint density at radius 2 is 1.79 bits per heavy atom. The van der Waals surface area contributed by atoms with Crippen LogP contribution in [0.1, 0.15) is 31.2 Å². The Kier molecular flexibility index (Phi) is 7.75. The fourth-order valence-corrected chi connectivity index (χ4v) is 4.69. The molecule has 2 aromatic rings. The topological polar surface area (TPSA) is 78.9 Å². The first-order valence-corrected chi connectivity index (χ1v) is 11.8. The average Bonchev–Trinajstić information content (AvgIpc) is 3.14. The van der Waals surface area contributed by atoms with Gasteiger partial charge in [0.25, 0.3) is 0 Å². The first-order chi connectivity index (χ1) is 16.1. The molecule has 0 spiro atoms. The normalized spacial score (nSPS) is 19.2. The molecule has 2 aliphatic rings. The molecule has 0 radical (unpaired) electrons. The molecule has 1 aromatic carbocycles. The van der Waals surface area contributed by atoms with Crippen molar-refractivity contribution in [1.29, 1.82) is 0 Å². The van der Waals surface area contributed by atoms with Crippen molar-refractivity contribution in [2.45, 2.75) is 32.1 Å². The fraction of sp³-hybridized carbons (Fsp3) is 0.520. The third-order valence-corrected chi connectivity index (χ3v) is 6.59. The van der Waals surface area contributed by atoms with Crippen LogP contribution < -0.4 is 9.64 Å². The molecule has 0 aliphatic carbocycles. The summed E-state index contributed by atoms with van der Waals surface area (Å²) in [5.41, 5.74) is 1.13. The summed E-state index contributed by atoms with van der Waals surface area (Å²) in [6.45, 7) is 4.21. The number of ether oxygens (including phenoxy) is 1. The van der Waals surface area contributed by atoms with Crippen LogP contribution in [0.5, 0.6) is 5.75 Å². The van der Waals surface area contributed by atoms with E-state index in [2.05, 4.69) is 14.9 Å². The van der Waals surface area contributed by atoms with Crippen LogP contribution in [0.25, 0.3) is 0 Å². The highest BCUT2D eigenvalue weighted by Crippen LogP contribution is 2.23. The van der Waals surface area contributed by atoms with Crippen LogP contribution in [-0.4, -0.2) is 78.0 Å². The van der Waals surface area contributed by atoms with Gasteiger partial charge in [-0.1, -0.05) is 12.1 Å². The van der Waals surface area contributed by atoms with Gasteiger partial charge in [-0.15, -0.1) is 0 Å². The highest BCUT2D eigenvalue weighted by atomic mass is 16.5. The molecule has 33 heavy (non-hydrogen) atoms. The van der Waals surface area contributed by atoms with E-state index in [1.54, 1.807) is 25.7 Å². The van der Waals surface area contributed by atoms with E-state index in [9.17, 15) is 9.59 Å². The van der Waals surface area contributed by atoms with E-state index >= 15 is 0 Å². The highest BCUT2D eigenvalue weighted by molar-refractivity contribution is 5.80. The predicted octanol–water partition coefficient (Wildman–Crippen LogP) is 2.40. The number of amides is 2. The average molecular weight is 452 g/mol. The van der Waals surface area contributed by atoms with Crippen LogP contribution in [0.3, 0.4) is 0 Å². The second kappa shape index (κ2) is 11.1. The van der Waals surface area contributed by atoms with Crippen molar-refractivity contribution in [2.24, 2.45) is 5.92 Å². The zero-order valence-corrected chi connectivity index (χ0v) is 19.4. The summed E-state index contributed by atoms with van der Waals surface area (Å²) >= 11 is 0. The Hall–Kier alpha value is -3.16. The number of hydrogen-bond donors (Lipinski definition) is 0. The molecule has 0 bridgehead atoms. The SMILES string of the molecule is COc1ccc(CCC(=O)N2CCCN(C(=O)C3CCCN(c4cnccn4)C3)CC2)cc1. The molecule has 2 saturated heterocycles. The molecule has 8 heteroatoms. The highest BCUT2D eigenvalue weighted by Gasteiger charge is 2.31. The molecule has 4 rings (SSSR count). The minimum Gasteiger partial charge on any atom is -0.497 e. The number of aromatic nitrogens is 2. The predicted molar refractivity (Wildman–Crippen MR) is 126 cm³/mol. The van der Waals surface area contributed by atoms with Crippen molar-refractivity contribution >= 4 is 17.6 Å². The molecule has 1 atom stereocenters. The van der Waals surface area contributed by atoms with Gasteiger partial charge in [0, 0.05) is 58.1 Å². The van der Waals surface area contributed by atoms with Crippen LogP contribution >= 0.6 is 0 Å². The van der Waals surface area contributed by atoms with Gasteiger partial charge in [0.05, 0.1) is 19.2 Å². The van der Waals surface area contributed by atoms with E-state index in [4.69, 9.17) is 4.74 Å². The number of nitrogens with zero attached hydrogens (tertiary/aromatic N) is 5. The minimum absolute atomic E-state index is 0.0296. The zero-order chi connectivity index (χ0) is 23.0. The standard InChI is InChI=1S/C25H33N5O3/c1-33-22-8-5-20(6-9-22)7-10-24(31)28-14-3-15-29(17-16-28)25(32)21-4-2-13-30(19-21)23-18-26-11-12-27-23/h5-6,8-9,11-12,18,21H,2-4,7,10,13-17,19H2,1H3.